The van der Waals surface area contributed by atoms with E-state index < -0.39 is 6.10 Å². The van der Waals surface area contributed by atoms with Crippen LogP contribution in [0.25, 0.3) is 0 Å². The lowest BCUT2D eigenvalue weighted by molar-refractivity contribution is 0.103. The van der Waals surface area contributed by atoms with Gasteiger partial charge in [0.05, 0.1) is 0 Å². The summed E-state index contributed by atoms with van der Waals surface area (Å²) in [6.07, 6.45) is 4.57. The third-order valence-corrected chi connectivity index (χ3v) is 3.86. The molecule has 1 aromatic carbocycles. The quantitative estimate of drug-likeness (QED) is 0.729. The van der Waals surface area contributed by atoms with Gasteiger partial charge in [0.15, 0.2) is 0 Å². The van der Waals surface area contributed by atoms with Crippen LogP contribution in [0.15, 0.2) is 24.3 Å². The average Bonchev–Trinajstić information content (AvgIpc) is 3.27. The molecule has 0 radical (unpaired) electrons. The van der Waals surface area contributed by atoms with E-state index in [4.69, 9.17) is 4.74 Å². The first kappa shape index (κ1) is 15.3. The summed E-state index contributed by atoms with van der Waals surface area (Å²) in [5.41, 5.74) is 1.30. The van der Waals surface area contributed by atoms with Crippen molar-refractivity contribution < 1.29 is 9.84 Å². The van der Waals surface area contributed by atoms with Crippen LogP contribution in [0.2, 0.25) is 0 Å². The second kappa shape index (κ2) is 7.65. The zero-order valence-electron chi connectivity index (χ0n) is 12.6. The zero-order chi connectivity index (χ0) is 14.4. The maximum Gasteiger partial charge on any atom is 0.119 e. The minimum absolute atomic E-state index is 0.342. The molecule has 1 aromatic rings. The molecule has 3 nitrogen and oxygen atoms in total. The molecule has 0 bridgehead atoms. The van der Waals surface area contributed by atoms with Crippen LogP contribution in [0.5, 0.6) is 5.75 Å². The van der Waals surface area contributed by atoms with Crippen molar-refractivity contribution in [3.63, 3.8) is 0 Å². The first-order chi connectivity index (χ1) is 9.67. The topological polar surface area (TPSA) is 41.5 Å². The smallest absolute Gasteiger partial charge is 0.119 e. The van der Waals surface area contributed by atoms with E-state index in [2.05, 4.69) is 31.3 Å². The molecule has 20 heavy (non-hydrogen) atoms. The van der Waals surface area contributed by atoms with Crippen molar-refractivity contribution in [1.82, 2.24) is 5.32 Å². The van der Waals surface area contributed by atoms with E-state index >= 15 is 0 Å². The molecule has 0 amide bonds. The Morgan fingerprint density at radius 3 is 2.60 bits per heavy atom. The van der Waals surface area contributed by atoms with E-state index in [9.17, 15) is 5.11 Å². The van der Waals surface area contributed by atoms with Gasteiger partial charge in [0.2, 0.25) is 0 Å². The molecular weight excluding hydrogens is 250 g/mol. The summed E-state index contributed by atoms with van der Waals surface area (Å²) in [4.78, 5) is 0. The van der Waals surface area contributed by atoms with Gasteiger partial charge in [0.1, 0.15) is 18.5 Å². The van der Waals surface area contributed by atoms with E-state index in [1.165, 1.54) is 24.8 Å². The summed E-state index contributed by atoms with van der Waals surface area (Å²) in [6, 6.07) is 8.56. The van der Waals surface area contributed by atoms with Crippen molar-refractivity contribution in [3.05, 3.63) is 29.8 Å². The molecule has 2 atom stereocenters. The van der Waals surface area contributed by atoms with Crippen LogP contribution >= 0.6 is 0 Å². The predicted molar refractivity (Wildman–Crippen MR) is 82.1 cm³/mol. The summed E-state index contributed by atoms with van der Waals surface area (Å²) in [7, 11) is 0. The second-order valence-electron chi connectivity index (χ2n) is 5.95. The van der Waals surface area contributed by atoms with Crippen LogP contribution in [0.1, 0.15) is 38.7 Å². The number of rotatable bonds is 9. The van der Waals surface area contributed by atoms with Crippen LogP contribution in [0.3, 0.4) is 0 Å². The van der Waals surface area contributed by atoms with Crippen LogP contribution in [-0.4, -0.2) is 30.4 Å². The SMILES string of the molecule is CCc1ccc(OCC(O)CNC(C)CC2CC2)cc1. The molecule has 0 saturated heterocycles. The monoisotopic (exact) mass is 277 g/mol. The number of nitrogens with one attached hydrogen (secondary N) is 1. The van der Waals surface area contributed by atoms with E-state index in [0.29, 0.717) is 19.2 Å². The normalized spacial score (nSPS) is 17.8. The summed E-state index contributed by atoms with van der Waals surface area (Å²) in [6.45, 7) is 5.26. The minimum atomic E-state index is -0.456. The van der Waals surface area contributed by atoms with Crippen molar-refractivity contribution in [3.8, 4) is 5.75 Å². The average molecular weight is 277 g/mol. The van der Waals surface area contributed by atoms with Crippen molar-refractivity contribution in [2.45, 2.75) is 51.7 Å². The molecule has 1 saturated carbocycles. The maximum atomic E-state index is 9.92. The molecule has 2 unspecified atom stereocenters. The highest BCUT2D eigenvalue weighted by Gasteiger charge is 2.23. The minimum Gasteiger partial charge on any atom is -0.491 e. The number of benzene rings is 1. The Morgan fingerprint density at radius 2 is 2.00 bits per heavy atom. The molecule has 2 N–H and O–H groups in total. The van der Waals surface area contributed by atoms with Crippen LogP contribution in [0.4, 0.5) is 0 Å². The van der Waals surface area contributed by atoms with Gasteiger partial charge < -0.3 is 15.2 Å². The highest BCUT2D eigenvalue weighted by molar-refractivity contribution is 5.27. The Balaban J connectivity index is 1.61. The Morgan fingerprint density at radius 1 is 1.30 bits per heavy atom. The number of aliphatic hydroxyl groups excluding tert-OH is 1. The Bertz CT molecular complexity index is 386. The van der Waals surface area contributed by atoms with Gasteiger partial charge in [-0.15, -0.1) is 0 Å². The second-order valence-corrected chi connectivity index (χ2v) is 5.95. The molecule has 0 heterocycles. The molecule has 2 rings (SSSR count). The number of aryl methyl sites for hydroxylation is 1. The highest BCUT2D eigenvalue weighted by Crippen LogP contribution is 2.33. The first-order valence-corrected chi connectivity index (χ1v) is 7.80. The van der Waals surface area contributed by atoms with Gasteiger partial charge in [-0.1, -0.05) is 31.9 Å². The fraction of sp³-hybridized carbons (Fsp3) is 0.647. The van der Waals surface area contributed by atoms with Crippen molar-refractivity contribution in [2.75, 3.05) is 13.2 Å². The number of ether oxygens (including phenoxy) is 1. The van der Waals surface area contributed by atoms with E-state index in [0.717, 1.165) is 18.1 Å². The third kappa shape index (κ3) is 5.51. The molecule has 0 aliphatic heterocycles. The molecule has 0 aromatic heterocycles. The lowest BCUT2D eigenvalue weighted by Gasteiger charge is -2.17. The maximum absolute atomic E-state index is 9.92. The van der Waals surface area contributed by atoms with Crippen molar-refractivity contribution in [1.29, 1.82) is 0 Å². The lowest BCUT2D eigenvalue weighted by Crippen LogP contribution is -2.36. The van der Waals surface area contributed by atoms with Gasteiger partial charge >= 0.3 is 0 Å². The fourth-order valence-electron chi connectivity index (χ4n) is 2.35. The molecule has 1 aliphatic carbocycles. The van der Waals surface area contributed by atoms with Gasteiger partial charge in [0.25, 0.3) is 0 Å². The number of hydrogen-bond acceptors (Lipinski definition) is 3. The number of aliphatic hydroxyl groups is 1. The molecule has 0 spiro atoms. The highest BCUT2D eigenvalue weighted by atomic mass is 16.5. The van der Waals surface area contributed by atoms with Crippen LogP contribution < -0.4 is 10.1 Å². The fourth-order valence-corrected chi connectivity index (χ4v) is 2.35. The lowest BCUT2D eigenvalue weighted by atomic mass is 10.1. The molecule has 1 fully saturated rings. The largest absolute Gasteiger partial charge is 0.491 e. The molecule has 3 heteroatoms. The third-order valence-electron chi connectivity index (χ3n) is 3.86. The predicted octanol–water partition coefficient (Wildman–Crippen LogP) is 2.77. The summed E-state index contributed by atoms with van der Waals surface area (Å²) in [5.74, 6) is 1.75. The van der Waals surface area contributed by atoms with E-state index in [1.54, 1.807) is 0 Å². The first-order valence-electron chi connectivity index (χ1n) is 7.80. The Labute approximate surface area is 122 Å². The van der Waals surface area contributed by atoms with Crippen LogP contribution in [0, 0.1) is 5.92 Å². The van der Waals surface area contributed by atoms with Gasteiger partial charge in [0, 0.05) is 12.6 Å². The number of hydrogen-bond donors (Lipinski definition) is 2. The summed E-state index contributed by atoms with van der Waals surface area (Å²) < 4.78 is 5.60. The van der Waals surface area contributed by atoms with Crippen molar-refractivity contribution in [2.24, 2.45) is 5.92 Å². The van der Waals surface area contributed by atoms with Gasteiger partial charge in [-0.2, -0.15) is 0 Å². The molecule has 112 valence electrons. The zero-order valence-corrected chi connectivity index (χ0v) is 12.6. The molecule has 1 aliphatic rings. The van der Waals surface area contributed by atoms with Gasteiger partial charge in [-0.3, -0.25) is 0 Å². The summed E-state index contributed by atoms with van der Waals surface area (Å²) >= 11 is 0. The molecular formula is C17H27NO2. The van der Waals surface area contributed by atoms with Crippen molar-refractivity contribution >= 4 is 0 Å². The van der Waals surface area contributed by atoms with Gasteiger partial charge in [-0.05, 0) is 43.4 Å². The van der Waals surface area contributed by atoms with Gasteiger partial charge in [-0.25, -0.2) is 0 Å². The Kier molecular flexibility index (Phi) is 5.86. The standard InChI is InChI=1S/C17H27NO2/c1-3-14-6-8-17(9-7-14)20-12-16(19)11-18-13(2)10-15-4-5-15/h6-9,13,15-16,18-19H,3-5,10-12H2,1-2H3. The van der Waals surface area contributed by atoms with E-state index in [1.807, 2.05) is 12.1 Å². The Hall–Kier alpha value is -1.06. The van der Waals surface area contributed by atoms with E-state index in [-0.39, 0.29) is 0 Å². The summed E-state index contributed by atoms with van der Waals surface area (Å²) in [5, 5.41) is 13.3. The van der Waals surface area contributed by atoms with Crippen LogP contribution in [-0.2, 0) is 6.42 Å².